The van der Waals surface area contributed by atoms with Crippen LogP contribution in [-0.2, 0) is 0 Å². The van der Waals surface area contributed by atoms with Gasteiger partial charge < -0.3 is 0 Å². The van der Waals surface area contributed by atoms with Gasteiger partial charge in [-0.3, -0.25) is 19.5 Å². The Morgan fingerprint density at radius 2 is 1.83 bits per heavy atom. The second-order valence-corrected chi connectivity index (χ2v) is 7.98. The minimum absolute atomic E-state index is 0.0871. The van der Waals surface area contributed by atoms with E-state index in [1.807, 2.05) is 43.3 Å². The number of aromatic nitrogens is 2. The van der Waals surface area contributed by atoms with Gasteiger partial charge >= 0.3 is 0 Å². The Bertz CT molecular complexity index is 1380. The van der Waals surface area contributed by atoms with Gasteiger partial charge in [0.05, 0.1) is 21.5 Å². The lowest BCUT2D eigenvalue weighted by atomic mass is 10.1. The molecule has 4 rings (SSSR count). The summed E-state index contributed by atoms with van der Waals surface area (Å²) in [5.41, 5.74) is 2.70. The second kappa shape index (κ2) is 8.19. The second-order valence-electron chi connectivity index (χ2n) is 6.74. The van der Waals surface area contributed by atoms with Crippen LogP contribution in [0.4, 0.5) is 5.69 Å². The fourth-order valence-corrected chi connectivity index (χ4v) is 3.71. The Morgan fingerprint density at radius 3 is 2.60 bits per heavy atom. The van der Waals surface area contributed by atoms with Crippen molar-refractivity contribution in [1.29, 1.82) is 0 Å². The molecule has 0 atom stereocenters. The maximum atomic E-state index is 13.4. The molecule has 0 saturated heterocycles. The molecule has 7 heteroatoms. The lowest BCUT2D eigenvalue weighted by Crippen LogP contribution is -2.22. The van der Waals surface area contributed by atoms with Crippen molar-refractivity contribution in [1.82, 2.24) is 9.55 Å². The molecular weight excluding hydrogens is 493 g/mol. The summed E-state index contributed by atoms with van der Waals surface area (Å²) in [5, 5.41) is 11.7. The topological polar surface area (TPSA) is 78.0 Å². The van der Waals surface area contributed by atoms with Crippen LogP contribution < -0.4 is 5.56 Å². The summed E-state index contributed by atoms with van der Waals surface area (Å²) in [5.74, 6) is 0.400. The first-order valence-electron chi connectivity index (χ1n) is 9.15. The number of benzene rings is 3. The van der Waals surface area contributed by atoms with Crippen molar-refractivity contribution in [2.45, 2.75) is 6.92 Å². The minimum Gasteiger partial charge on any atom is -0.268 e. The van der Waals surface area contributed by atoms with E-state index in [0.717, 1.165) is 14.7 Å². The maximum absolute atomic E-state index is 13.4. The van der Waals surface area contributed by atoms with Gasteiger partial charge in [0.25, 0.3) is 11.2 Å². The molecule has 0 amide bonds. The van der Waals surface area contributed by atoms with Crippen LogP contribution in [0.5, 0.6) is 0 Å². The van der Waals surface area contributed by atoms with Crippen molar-refractivity contribution < 1.29 is 4.92 Å². The van der Waals surface area contributed by atoms with Crippen LogP contribution in [0.2, 0.25) is 0 Å². The van der Waals surface area contributed by atoms with E-state index >= 15 is 0 Å². The van der Waals surface area contributed by atoms with Crippen LogP contribution in [0, 0.1) is 20.6 Å². The van der Waals surface area contributed by atoms with Crippen LogP contribution in [0.25, 0.3) is 28.7 Å². The van der Waals surface area contributed by atoms with E-state index in [4.69, 9.17) is 0 Å². The van der Waals surface area contributed by atoms with Crippen LogP contribution in [0.3, 0.4) is 0 Å². The molecule has 1 heterocycles. The Hall–Kier alpha value is -3.33. The lowest BCUT2D eigenvalue weighted by molar-refractivity contribution is -0.384. The van der Waals surface area contributed by atoms with Gasteiger partial charge in [-0.1, -0.05) is 36.4 Å². The number of nitrogens with zero attached hydrogens (tertiary/aromatic N) is 3. The van der Waals surface area contributed by atoms with E-state index in [0.29, 0.717) is 22.4 Å². The third kappa shape index (κ3) is 3.88. The zero-order valence-electron chi connectivity index (χ0n) is 15.9. The molecule has 0 fully saturated rings. The van der Waals surface area contributed by atoms with Gasteiger partial charge in [-0.15, -0.1) is 0 Å². The van der Waals surface area contributed by atoms with Crippen LogP contribution in [-0.4, -0.2) is 14.5 Å². The molecule has 0 spiro atoms. The Labute approximate surface area is 185 Å². The first-order chi connectivity index (χ1) is 14.4. The van der Waals surface area contributed by atoms with E-state index in [9.17, 15) is 14.9 Å². The predicted octanol–water partition coefficient (Wildman–Crippen LogP) is 5.38. The first kappa shape index (κ1) is 20.0. The largest absolute Gasteiger partial charge is 0.271 e. The predicted molar refractivity (Wildman–Crippen MR) is 127 cm³/mol. The average Bonchev–Trinajstić information content (AvgIpc) is 2.74. The maximum Gasteiger partial charge on any atom is 0.271 e. The summed E-state index contributed by atoms with van der Waals surface area (Å²) in [6, 6.07) is 19.4. The molecule has 30 heavy (non-hydrogen) atoms. The summed E-state index contributed by atoms with van der Waals surface area (Å²) >= 11 is 2.14. The molecule has 6 nitrogen and oxygen atoms in total. The molecule has 1 aromatic heterocycles. The zero-order chi connectivity index (χ0) is 21.3. The molecule has 0 radical (unpaired) electrons. The molecule has 0 N–H and O–H groups in total. The molecule has 0 unspecified atom stereocenters. The molecule has 4 aromatic rings. The SMILES string of the molecule is Cc1ccccc1/C=C/c1nc2ccc(I)cc2c(=O)n1-c1cccc([N+](=O)[O-])c1. The van der Waals surface area contributed by atoms with Crippen molar-refractivity contribution in [2.24, 2.45) is 0 Å². The number of nitro groups is 1. The third-order valence-corrected chi connectivity index (χ3v) is 5.43. The summed E-state index contributed by atoms with van der Waals surface area (Å²) in [6.07, 6.45) is 3.66. The molecule has 0 saturated carbocycles. The van der Waals surface area contributed by atoms with E-state index in [2.05, 4.69) is 27.6 Å². The number of fused-ring (bicyclic) bond motifs is 1. The average molecular weight is 509 g/mol. The monoisotopic (exact) mass is 509 g/mol. The van der Waals surface area contributed by atoms with Gasteiger partial charge in [0.15, 0.2) is 0 Å². The molecule has 0 aliphatic carbocycles. The molecule has 0 aliphatic heterocycles. The highest BCUT2D eigenvalue weighted by Gasteiger charge is 2.14. The standard InChI is InChI=1S/C23H16IN3O3/c1-15-5-2-3-6-16(15)9-12-22-25-21-11-10-17(24)13-20(21)23(28)26(22)18-7-4-8-19(14-18)27(29)30/h2-14H,1H3/b12-9+. The Morgan fingerprint density at radius 1 is 1.03 bits per heavy atom. The number of hydrogen-bond donors (Lipinski definition) is 0. The van der Waals surface area contributed by atoms with Gasteiger partial charge in [-0.2, -0.15) is 0 Å². The van der Waals surface area contributed by atoms with E-state index in [1.165, 1.54) is 16.7 Å². The van der Waals surface area contributed by atoms with Crippen LogP contribution >= 0.6 is 22.6 Å². The number of halogens is 1. The van der Waals surface area contributed by atoms with Gasteiger partial charge in [0.2, 0.25) is 0 Å². The van der Waals surface area contributed by atoms with Crippen LogP contribution in [0.15, 0.2) is 71.5 Å². The fourth-order valence-electron chi connectivity index (χ4n) is 3.22. The van der Waals surface area contributed by atoms with E-state index < -0.39 is 4.92 Å². The fraction of sp³-hybridized carbons (Fsp3) is 0.0435. The highest BCUT2D eigenvalue weighted by atomic mass is 127. The molecule has 0 bridgehead atoms. The lowest BCUT2D eigenvalue weighted by Gasteiger charge is -2.12. The number of hydrogen-bond acceptors (Lipinski definition) is 4. The molecular formula is C23H16IN3O3. The van der Waals surface area contributed by atoms with Gasteiger partial charge in [0.1, 0.15) is 5.82 Å². The Balaban J connectivity index is 1.99. The molecule has 148 valence electrons. The van der Waals surface area contributed by atoms with Crippen molar-refractivity contribution >= 4 is 51.3 Å². The smallest absolute Gasteiger partial charge is 0.268 e. The highest BCUT2D eigenvalue weighted by Crippen LogP contribution is 2.21. The van der Waals surface area contributed by atoms with Crippen molar-refractivity contribution in [3.8, 4) is 5.69 Å². The highest BCUT2D eigenvalue weighted by molar-refractivity contribution is 14.1. The zero-order valence-corrected chi connectivity index (χ0v) is 18.1. The molecule has 0 aliphatic rings. The number of rotatable bonds is 4. The van der Waals surface area contributed by atoms with E-state index in [1.54, 1.807) is 30.3 Å². The summed E-state index contributed by atoms with van der Waals surface area (Å²) in [6.45, 7) is 2.00. The number of non-ortho nitro benzene ring substituents is 1. The summed E-state index contributed by atoms with van der Waals surface area (Å²) < 4.78 is 2.33. The van der Waals surface area contributed by atoms with Crippen molar-refractivity contribution in [3.63, 3.8) is 0 Å². The van der Waals surface area contributed by atoms with E-state index in [-0.39, 0.29) is 11.2 Å². The van der Waals surface area contributed by atoms with Gasteiger partial charge in [-0.05, 0) is 71.0 Å². The third-order valence-electron chi connectivity index (χ3n) is 4.76. The number of nitro benzene ring substituents is 1. The van der Waals surface area contributed by atoms with Gasteiger partial charge in [0, 0.05) is 15.7 Å². The molecule has 3 aromatic carbocycles. The van der Waals surface area contributed by atoms with Crippen molar-refractivity contribution in [3.05, 3.63) is 108 Å². The first-order valence-corrected chi connectivity index (χ1v) is 10.2. The van der Waals surface area contributed by atoms with Crippen molar-refractivity contribution in [2.75, 3.05) is 0 Å². The summed E-state index contributed by atoms with van der Waals surface area (Å²) in [7, 11) is 0. The van der Waals surface area contributed by atoms with Gasteiger partial charge in [-0.25, -0.2) is 4.98 Å². The minimum atomic E-state index is -0.477. The van der Waals surface area contributed by atoms with Crippen LogP contribution in [0.1, 0.15) is 17.0 Å². The normalized spacial score (nSPS) is 11.3. The summed E-state index contributed by atoms with van der Waals surface area (Å²) in [4.78, 5) is 28.8. The quantitative estimate of drug-likeness (QED) is 0.210. The number of aryl methyl sites for hydroxylation is 1. The Kier molecular flexibility index (Phi) is 5.45.